The molecular formula is C23H26N4O4. The average molecular weight is 422 g/mol. The van der Waals surface area contributed by atoms with Gasteiger partial charge in [0.05, 0.1) is 17.2 Å². The van der Waals surface area contributed by atoms with E-state index in [-0.39, 0.29) is 18.5 Å². The largest absolute Gasteiger partial charge is 0.481 e. The third kappa shape index (κ3) is 5.09. The van der Waals surface area contributed by atoms with Crippen molar-refractivity contribution in [1.29, 1.82) is 0 Å². The summed E-state index contributed by atoms with van der Waals surface area (Å²) in [6, 6.07) is 11.0. The number of ether oxygens (including phenoxy) is 1. The van der Waals surface area contributed by atoms with Crippen LogP contribution < -0.4 is 21.1 Å². The summed E-state index contributed by atoms with van der Waals surface area (Å²) in [5.41, 5.74) is 8.09. The number of nitrogens with one attached hydrogen (secondary N) is 2. The lowest BCUT2D eigenvalue weighted by Crippen LogP contribution is -2.47. The van der Waals surface area contributed by atoms with Crippen molar-refractivity contribution >= 4 is 22.7 Å². The Balaban J connectivity index is 1.53. The first-order valence-electron chi connectivity index (χ1n) is 10.0. The highest BCUT2D eigenvalue weighted by Crippen LogP contribution is 2.21. The fourth-order valence-electron chi connectivity index (χ4n) is 3.11. The number of fused-ring (bicyclic) bond motifs is 1. The smallest absolute Gasteiger partial charge is 0.279 e. The van der Waals surface area contributed by atoms with Crippen molar-refractivity contribution in [3.8, 4) is 5.75 Å². The summed E-state index contributed by atoms with van der Waals surface area (Å²) in [6.07, 6.45) is 0.644. The number of hydrogen-bond donors (Lipinski definition) is 2. The molecule has 0 saturated heterocycles. The molecule has 0 saturated carbocycles. The van der Waals surface area contributed by atoms with Crippen LogP contribution in [-0.4, -0.2) is 27.5 Å². The lowest BCUT2D eigenvalue weighted by Gasteiger charge is -2.17. The van der Waals surface area contributed by atoms with Gasteiger partial charge in [0.15, 0.2) is 6.10 Å². The second-order valence-electron chi connectivity index (χ2n) is 7.46. The van der Waals surface area contributed by atoms with Crippen LogP contribution in [0.15, 0.2) is 47.5 Å². The van der Waals surface area contributed by atoms with Crippen molar-refractivity contribution in [3.63, 3.8) is 0 Å². The van der Waals surface area contributed by atoms with E-state index in [1.807, 2.05) is 39.0 Å². The SMILES string of the molecule is Cc1cccc(OC(C)C(=O)NNC(=O)CCn2cnc3c(C)cccc3c2=O)c1C. The van der Waals surface area contributed by atoms with E-state index in [1.165, 1.54) is 10.9 Å². The molecular weight excluding hydrogens is 396 g/mol. The van der Waals surface area contributed by atoms with Gasteiger partial charge in [0, 0.05) is 13.0 Å². The summed E-state index contributed by atoms with van der Waals surface area (Å²) in [5.74, 6) is -0.287. The topological polar surface area (TPSA) is 102 Å². The van der Waals surface area contributed by atoms with Crippen molar-refractivity contribution in [2.24, 2.45) is 0 Å². The Labute approximate surface area is 180 Å². The summed E-state index contributed by atoms with van der Waals surface area (Å²) in [5, 5.41) is 0.508. The third-order valence-corrected chi connectivity index (χ3v) is 5.19. The summed E-state index contributed by atoms with van der Waals surface area (Å²) in [6.45, 7) is 7.52. The number of carbonyl (C=O) groups is 2. The van der Waals surface area contributed by atoms with Gasteiger partial charge in [0.1, 0.15) is 5.75 Å². The van der Waals surface area contributed by atoms with E-state index < -0.39 is 17.9 Å². The van der Waals surface area contributed by atoms with Crippen LogP contribution in [-0.2, 0) is 16.1 Å². The molecule has 2 amide bonds. The zero-order chi connectivity index (χ0) is 22.5. The summed E-state index contributed by atoms with van der Waals surface area (Å²) < 4.78 is 7.08. The van der Waals surface area contributed by atoms with Gasteiger partial charge in [-0.2, -0.15) is 0 Å². The summed E-state index contributed by atoms with van der Waals surface area (Å²) in [4.78, 5) is 41.3. The maximum absolute atomic E-state index is 12.6. The van der Waals surface area contributed by atoms with Gasteiger partial charge in [-0.05, 0) is 56.5 Å². The predicted octanol–water partition coefficient (Wildman–Crippen LogP) is 2.33. The van der Waals surface area contributed by atoms with Gasteiger partial charge in [0.25, 0.3) is 11.5 Å². The van der Waals surface area contributed by atoms with Gasteiger partial charge in [0.2, 0.25) is 5.91 Å². The van der Waals surface area contributed by atoms with Crippen LogP contribution in [0.2, 0.25) is 0 Å². The first-order chi connectivity index (χ1) is 14.8. The molecule has 0 bridgehead atoms. The molecule has 0 aliphatic heterocycles. The molecule has 1 heterocycles. The molecule has 2 aromatic carbocycles. The molecule has 31 heavy (non-hydrogen) atoms. The highest BCUT2D eigenvalue weighted by Gasteiger charge is 2.17. The Morgan fingerprint density at radius 2 is 1.77 bits per heavy atom. The van der Waals surface area contributed by atoms with Gasteiger partial charge in [-0.3, -0.25) is 29.8 Å². The normalized spacial score (nSPS) is 11.7. The van der Waals surface area contributed by atoms with Crippen LogP contribution in [0.5, 0.6) is 5.75 Å². The zero-order valence-corrected chi connectivity index (χ0v) is 18.1. The maximum atomic E-state index is 12.6. The number of carbonyl (C=O) groups excluding carboxylic acids is 2. The van der Waals surface area contributed by atoms with Crippen LogP contribution in [0.4, 0.5) is 0 Å². The van der Waals surface area contributed by atoms with Gasteiger partial charge in [-0.1, -0.05) is 24.3 Å². The van der Waals surface area contributed by atoms with Gasteiger partial charge in [-0.25, -0.2) is 4.98 Å². The molecule has 0 radical (unpaired) electrons. The standard InChI is InChI=1S/C23H26N4O4/c1-14-7-6-10-19(16(14)3)31-17(4)22(29)26-25-20(28)11-12-27-13-24-21-15(2)8-5-9-18(21)23(27)30/h5-10,13,17H,11-12H2,1-4H3,(H,25,28)(H,26,29). The minimum absolute atomic E-state index is 0.00537. The fourth-order valence-corrected chi connectivity index (χ4v) is 3.11. The molecule has 0 fully saturated rings. The first-order valence-corrected chi connectivity index (χ1v) is 10.0. The second kappa shape index (κ2) is 9.42. The van der Waals surface area contributed by atoms with Gasteiger partial charge in [-0.15, -0.1) is 0 Å². The lowest BCUT2D eigenvalue weighted by molar-refractivity contribution is -0.132. The van der Waals surface area contributed by atoms with E-state index in [1.54, 1.807) is 25.1 Å². The first kappa shape index (κ1) is 22.0. The second-order valence-corrected chi connectivity index (χ2v) is 7.46. The fraction of sp³-hybridized carbons (Fsp3) is 0.304. The molecule has 162 valence electrons. The molecule has 0 spiro atoms. The number of amides is 2. The average Bonchev–Trinajstić information content (AvgIpc) is 2.75. The highest BCUT2D eigenvalue weighted by molar-refractivity contribution is 5.84. The van der Waals surface area contributed by atoms with Crippen LogP contribution in [0.3, 0.4) is 0 Å². The number of aromatic nitrogens is 2. The third-order valence-electron chi connectivity index (χ3n) is 5.19. The molecule has 3 rings (SSSR count). The van der Waals surface area contributed by atoms with Crippen LogP contribution in [0, 0.1) is 20.8 Å². The van der Waals surface area contributed by atoms with Crippen LogP contribution in [0.1, 0.15) is 30.0 Å². The van der Waals surface area contributed by atoms with Crippen LogP contribution >= 0.6 is 0 Å². The minimum Gasteiger partial charge on any atom is -0.481 e. The highest BCUT2D eigenvalue weighted by atomic mass is 16.5. The Hall–Kier alpha value is -3.68. The molecule has 1 unspecified atom stereocenters. The molecule has 0 aliphatic rings. The Kier molecular flexibility index (Phi) is 6.69. The predicted molar refractivity (Wildman–Crippen MR) is 118 cm³/mol. The number of nitrogens with zero attached hydrogens (tertiary/aromatic N) is 2. The van der Waals surface area contributed by atoms with E-state index in [4.69, 9.17) is 4.74 Å². The molecule has 3 aromatic rings. The molecule has 0 aliphatic carbocycles. The number of hydrogen-bond acceptors (Lipinski definition) is 5. The molecule has 8 nitrogen and oxygen atoms in total. The quantitative estimate of drug-likeness (QED) is 0.594. The number of benzene rings is 2. The zero-order valence-electron chi connectivity index (χ0n) is 18.1. The lowest BCUT2D eigenvalue weighted by atomic mass is 10.1. The van der Waals surface area contributed by atoms with E-state index in [0.29, 0.717) is 16.7 Å². The summed E-state index contributed by atoms with van der Waals surface area (Å²) in [7, 11) is 0. The Morgan fingerprint density at radius 1 is 1.06 bits per heavy atom. The monoisotopic (exact) mass is 422 g/mol. The molecule has 1 aromatic heterocycles. The van der Waals surface area contributed by atoms with E-state index in [0.717, 1.165) is 16.7 Å². The van der Waals surface area contributed by atoms with Gasteiger partial charge >= 0.3 is 0 Å². The van der Waals surface area contributed by atoms with Crippen molar-refractivity contribution in [1.82, 2.24) is 20.4 Å². The number of hydrazine groups is 1. The number of rotatable bonds is 6. The van der Waals surface area contributed by atoms with Gasteiger partial charge < -0.3 is 4.74 Å². The van der Waals surface area contributed by atoms with Crippen molar-refractivity contribution < 1.29 is 14.3 Å². The van der Waals surface area contributed by atoms with Crippen LogP contribution in [0.25, 0.3) is 10.9 Å². The minimum atomic E-state index is -0.795. The van der Waals surface area contributed by atoms with E-state index >= 15 is 0 Å². The maximum Gasteiger partial charge on any atom is 0.279 e. The number of para-hydroxylation sites is 1. The summed E-state index contributed by atoms with van der Waals surface area (Å²) >= 11 is 0. The van der Waals surface area contributed by atoms with Crippen molar-refractivity contribution in [3.05, 3.63) is 69.8 Å². The van der Waals surface area contributed by atoms with Crippen molar-refractivity contribution in [2.45, 2.75) is 46.8 Å². The molecule has 2 N–H and O–H groups in total. The Bertz CT molecular complexity index is 1190. The molecule has 1 atom stereocenters. The Morgan fingerprint density at radius 3 is 2.55 bits per heavy atom. The van der Waals surface area contributed by atoms with Crippen molar-refractivity contribution in [2.75, 3.05) is 0 Å². The van der Waals surface area contributed by atoms with E-state index in [9.17, 15) is 14.4 Å². The number of aryl methyl sites for hydroxylation is 3. The molecule has 8 heteroatoms. The van der Waals surface area contributed by atoms with E-state index in [2.05, 4.69) is 15.8 Å².